The normalized spacial score (nSPS) is 11.9. The Balaban J connectivity index is 2.26. The summed E-state index contributed by atoms with van der Waals surface area (Å²) in [5.41, 5.74) is 0.913. The van der Waals surface area contributed by atoms with Crippen molar-refractivity contribution in [3.63, 3.8) is 0 Å². The minimum absolute atomic E-state index is 0.0785. The molecule has 5 heteroatoms. The Hall–Kier alpha value is -1.10. The Labute approximate surface area is 110 Å². The summed E-state index contributed by atoms with van der Waals surface area (Å²) in [6.07, 6.45) is 4.88. The van der Waals surface area contributed by atoms with Crippen LogP contribution in [0.4, 0.5) is 5.69 Å². The van der Waals surface area contributed by atoms with Gasteiger partial charge >= 0.3 is 0 Å². The molecule has 0 aliphatic rings. The van der Waals surface area contributed by atoms with Crippen LogP contribution in [-0.4, -0.2) is 23.5 Å². The fourth-order valence-corrected chi connectivity index (χ4v) is 1.64. The van der Waals surface area contributed by atoms with Gasteiger partial charge in [-0.05, 0) is 35.3 Å². The second kappa shape index (κ2) is 7.27. The maximum absolute atomic E-state index is 11.5. The fourth-order valence-electron chi connectivity index (χ4n) is 1.28. The smallest absolute Gasteiger partial charge is 0.221 e. The number of hydrogen-bond acceptors (Lipinski definition) is 3. The van der Waals surface area contributed by atoms with Crippen molar-refractivity contribution in [1.82, 2.24) is 10.3 Å². The molecule has 0 aromatic carbocycles. The van der Waals surface area contributed by atoms with Gasteiger partial charge in [-0.2, -0.15) is 0 Å². The van der Waals surface area contributed by atoms with Crippen molar-refractivity contribution in [3.05, 3.63) is 22.9 Å². The fraction of sp³-hybridized carbons (Fsp3) is 0.500. The molecule has 0 spiro atoms. The summed E-state index contributed by atoms with van der Waals surface area (Å²) in [5.74, 6) is 0.0785. The highest BCUT2D eigenvalue weighted by molar-refractivity contribution is 9.10. The Morgan fingerprint density at radius 3 is 2.94 bits per heavy atom. The number of anilines is 1. The molecule has 1 amide bonds. The molecule has 1 heterocycles. The first-order valence-electron chi connectivity index (χ1n) is 5.75. The van der Waals surface area contributed by atoms with E-state index in [-0.39, 0.29) is 11.9 Å². The van der Waals surface area contributed by atoms with Crippen LogP contribution in [0, 0.1) is 0 Å². The van der Waals surface area contributed by atoms with E-state index in [4.69, 9.17) is 0 Å². The van der Waals surface area contributed by atoms with E-state index >= 15 is 0 Å². The third kappa shape index (κ3) is 5.68. The van der Waals surface area contributed by atoms with Crippen molar-refractivity contribution in [3.8, 4) is 0 Å². The van der Waals surface area contributed by atoms with Gasteiger partial charge in [-0.25, -0.2) is 0 Å². The van der Waals surface area contributed by atoms with Gasteiger partial charge in [0, 0.05) is 29.7 Å². The third-order valence-electron chi connectivity index (χ3n) is 2.41. The van der Waals surface area contributed by atoms with Gasteiger partial charge < -0.3 is 10.6 Å². The number of nitrogens with zero attached hydrogens (tertiary/aromatic N) is 1. The number of carbonyl (C=O) groups excluding carboxylic acids is 1. The summed E-state index contributed by atoms with van der Waals surface area (Å²) in [6, 6.07) is 2.18. The van der Waals surface area contributed by atoms with Gasteiger partial charge in [0.15, 0.2) is 0 Å². The molecule has 0 saturated carbocycles. The first-order valence-corrected chi connectivity index (χ1v) is 6.55. The van der Waals surface area contributed by atoms with Crippen molar-refractivity contribution in [2.24, 2.45) is 0 Å². The van der Waals surface area contributed by atoms with Crippen LogP contribution in [0.25, 0.3) is 0 Å². The van der Waals surface area contributed by atoms with Crippen molar-refractivity contribution >= 4 is 27.5 Å². The van der Waals surface area contributed by atoms with E-state index in [9.17, 15) is 4.79 Å². The van der Waals surface area contributed by atoms with E-state index in [1.165, 1.54) is 0 Å². The van der Waals surface area contributed by atoms with Gasteiger partial charge in [0.05, 0.1) is 11.9 Å². The lowest BCUT2D eigenvalue weighted by Crippen LogP contribution is -2.32. The minimum Gasteiger partial charge on any atom is -0.383 e. The molecule has 1 aromatic heterocycles. The van der Waals surface area contributed by atoms with Crippen LogP contribution in [0.2, 0.25) is 0 Å². The molecule has 17 heavy (non-hydrogen) atoms. The number of amides is 1. The zero-order valence-electron chi connectivity index (χ0n) is 10.2. The lowest BCUT2D eigenvalue weighted by molar-refractivity contribution is -0.121. The van der Waals surface area contributed by atoms with Gasteiger partial charge in [0.25, 0.3) is 0 Å². The van der Waals surface area contributed by atoms with Crippen LogP contribution >= 0.6 is 15.9 Å². The largest absolute Gasteiger partial charge is 0.383 e. The number of pyridine rings is 1. The highest BCUT2D eigenvalue weighted by Gasteiger charge is 2.04. The van der Waals surface area contributed by atoms with Gasteiger partial charge in [-0.3, -0.25) is 9.78 Å². The molecule has 0 saturated heterocycles. The highest BCUT2D eigenvalue weighted by Crippen LogP contribution is 2.13. The zero-order chi connectivity index (χ0) is 12.7. The van der Waals surface area contributed by atoms with Crippen LogP contribution < -0.4 is 10.6 Å². The van der Waals surface area contributed by atoms with Crippen molar-refractivity contribution in [2.75, 3.05) is 11.9 Å². The standard InChI is InChI=1S/C12H18BrN3O/c1-3-9(2)16-12(17)4-5-15-11-6-10(13)7-14-8-11/h6-9,15H,3-5H2,1-2H3,(H,16,17). The molecule has 0 aliphatic heterocycles. The summed E-state index contributed by atoms with van der Waals surface area (Å²) in [7, 11) is 0. The molecule has 1 atom stereocenters. The van der Waals surface area contributed by atoms with Crippen LogP contribution in [0.5, 0.6) is 0 Å². The van der Waals surface area contributed by atoms with Gasteiger partial charge in [0.1, 0.15) is 0 Å². The predicted octanol–water partition coefficient (Wildman–Crippen LogP) is 2.56. The Bertz CT molecular complexity index is 371. The Kier molecular flexibility index (Phi) is 5.97. The minimum atomic E-state index is 0.0785. The average Bonchev–Trinajstić information content (AvgIpc) is 2.29. The molecule has 1 rings (SSSR count). The zero-order valence-corrected chi connectivity index (χ0v) is 11.8. The second-order valence-electron chi connectivity index (χ2n) is 3.95. The number of aromatic nitrogens is 1. The number of halogens is 1. The first-order chi connectivity index (χ1) is 8.11. The van der Waals surface area contributed by atoms with E-state index in [0.717, 1.165) is 16.6 Å². The summed E-state index contributed by atoms with van der Waals surface area (Å²) >= 11 is 3.34. The van der Waals surface area contributed by atoms with Gasteiger partial charge in [-0.15, -0.1) is 0 Å². The Morgan fingerprint density at radius 2 is 2.29 bits per heavy atom. The van der Waals surface area contributed by atoms with E-state index in [1.54, 1.807) is 12.4 Å². The maximum Gasteiger partial charge on any atom is 0.221 e. The van der Waals surface area contributed by atoms with E-state index < -0.39 is 0 Å². The lowest BCUT2D eigenvalue weighted by atomic mass is 10.2. The SMILES string of the molecule is CCC(C)NC(=O)CCNc1cncc(Br)c1. The summed E-state index contributed by atoms with van der Waals surface area (Å²) < 4.78 is 0.923. The molecule has 0 aliphatic carbocycles. The van der Waals surface area contributed by atoms with Gasteiger partial charge in [0.2, 0.25) is 5.91 Å². The van der Waals surface area contributed by atoms with Crippen LogP contribution in [0.1, 0.15) is 26.7 Å². The van der Waals surface area contributed by atoms with Crippen LogP contribution in [-0.2, 0) is 4.79 Å². The monoisotopic (exact) mass is 299 g/mol. The molecule has 94 valence electrons. The Morgan fingerprint density at radius 1 is 1.53 bits per heavy atom. The molecular weight excluding hydrogens is 282 g/mol. The van der Waals surface area contributed by atoms with E-state index in [2.05, 4.69) is 38.5 Å². The summed E-state index contributed by atoms with van der Waals surface area (Å²) in [5, 5.41) is 6.08. The summed E-state index contributed by atoms with van der Waals surface area (Å²) in [6.45, 7) is 4.67. The van der Waals surface area contributed by atoms with E-state index in [0.29, 0.717) is 13.0 Å². The van der Waals surface area contributed by atoms with Crippen molar-refractivity contribution in [1.29, 1.82) is 0 Å². The number of rotatable bonds is 6. The number of carbonyl (C=O) groups is 1. The number of hydrogen-bond donors (Lipinski definition) is 2. The van der Waals surface area contributed by atoms with Gasteiger partial charge in [-0.1, -0.05) is 6.92 Å². The maximum atomic E-state index is 11.5. The molecule has 4 nitrogen and oxygen atoms in total. The van der Waals surface area contributed by atoms with Crippen molar-refractivity contribution < 1.29 is 4.79 Å². The molecule has 1 unspecified atom stereocenters. The molecule has 2 N–H and O–H groups in total. The number of nitrogens with one attached hydrogen (secondary N) is 2. The predicted molar refractivity (Wildman–Crippen MR) is 72.9 cm³/mol. The lowest BCUT2D eigenvalue weighted by Gasteiger charge is -2.11. The van der Waals surface area contributed by atoms with Crippen molar-refractivity contribution in [2.45, 2.75) is 32.7 Å². The topological polar surface area (TPSA) is 54.0 Å². The third-order valence-corrected chi connectivity index (χ3v) is 2.84. The molecular formula is C12H18BrN3O. The highest BCUT2D eigenvalue weighted by atomic mass is 79.9. The second-order valence-corrected chi connectivity index (χ2v) is 4.86. The molecule has 0 bridgehead atoms. The average molecular weight is 300 g/mol. The summed E-state index contributed by atoms with van der Waals surface area (Å²) in [4.78, 5) is 15.5. The van der Waals surface area contributed by atoms with Crippen LogP contribution in [0.3, 0.4) is 0 Å². The first kappa shape index (κ1) is 14.0. The molecule has 0 radical (unpaired) electrons. The molecule has 1 aromatic rings. The van der Waals surface area contributed by atoms with Crippen LogP contribution in [0.15, 0.2) is 22.9 Å². The molecule has 0 fully saturated rings. The van der Waals surface area contributed by atoms with E-state index in [1.807, 2.05) is 13.0 Å². The quantitative estimate of drug-likeness (QED) is 0.849.